The Morgan fingerprint density at radius 1 is 1.10 bits per heavy atom. The Morgan fingerprint density at radius 2 is 1.75 bits per heavy atom. The highest BCUT2D eigenvalue weighted by molar-refractivity contribution is 6.10. The van der Waals surface area contributed by atoms with E-state index in [9.17, 15) is 10.1 Å². The van der Waals surface area contributed by atoms with Crippen LogP contribution < -0.4 is 0 Å². The van der Waals surface area contributed by atoms with Gasteiger partial charge in [-0.2, -0.15) is 0 Å². The summed E-state index contributed by atoms with van der Waals surface area (Å²) in [5, 5.41) is 22.8. The van der Waals surface area contributed by atoms with Gasteiger partial charge in [-0.05, 0) is 23.8 Å². The largest absolute Gasteiger partial charge is 0.410 e. The van der Waals surface area contributed by atoms with Gasteiger partial charge in [0.2, 0.25) is 0 Å². The summed E-state index contributed by atoms with van der Waals surface area (Å²) < 4.78 is 0. The molecule has 0 aliphatic rings. The zero-order chi connectivity index (χ0) is 14.4. The first-order chi connectivity index (χ1) is 9.70. The lowest BCUT2D eigenvalue weighted by Gasteiger charge is -1.98. The van der Waals surface area contributed by atoms with Gasteiger partial charge in [0.05, 0.1) is 4.92 Å². The lowest BCUT2D eigenvalue weighted by atomic mass is 10.1. The maximum atomic E-state index is 10.5. The standard InChI is InChI=1S/C15H12N2O3/c18-16-15(13-4-2-1-3-5-13)11-8-12-6-9-14(10-7-12)17(19)20/h1-11,18H. The zero-order valence-corrected chi connectivity index (χ0v) is 10.5. The minimum atomic E-state index is -0.446. The highest BCUT2D eigenvalue weighted by Crippen LogP contribution is 2.13. The van der Waals surface area contributed by atoms with Gasteiger partial charge in [0.1, 0.15) is 5.71 Å². The Kier molecular flexibility index (Phi) is 4.24. The van der Waals surface area contributed by atoms with Crippen molar-refractivity contribution in [2.24, 2.45) is 5.16 Å². The Labute approximate surface area is 115 Å². The molecule has 0 saturated carbocycles. The van der Waals surface area contributed by atoms with Crippen molar-refractivity contribution in [3.05, 3.63) is 81.9 Å². The summed E-state index contributed by atoms with van der Waals surface area (Å²) in [5.41, 5.74) is 2.03. The quantitative estimate of drug-likeness (QED) is 0.399. The third kappa shape index (κ3) is 3.29. The summed E-state index contributed by atoms with van der Waals surface area (Å²) in [4.78, 5) is 10.1. The summed E-state index contributed by atoms with van der Waals surface area (Å²) in [6.45, 7) is 0. The molecule has 5 nitrogen and oxygen atoms in total. The molecular formula is C15H12N2O3. The first-order valence-corrected chi connectivity index (χ1v) is 5.91. The van der Waals surface area contributed by atoms with E-state index in [0.717, 1.165) is 11.1 Å². The predicted molar refractivity (Wildman–Crippen MR) is 76.9 cm³/mol. The van der Waals surface area contributed by atoms with Crippen molar-refractivity contribution in [2.45, 2.75) is 0 Å². The fourth-order valence-corrected chi connectivity index (χ4v) is 1.68. The van der Waals surface area contributed by atoms with E-state index in [2.05, 4.69) is 5.16 Å². The smallest absolute Gasteiger partial charge is 0.269 e. The van der Waals surface area contributed by atoms with Gasteiger partial charge < -0.3 is 5.21 Å². The molecule has 100 valence electrons. The number of allylic oxidation sites excluding steroid dienone is 1. The molecule has 2 rings (SSSR count). The van der Waals surface area contributed by atoms with Crippen molar-refractivity contribution in [1.82, 2.24) is 0 Å². The molecule has 2 aromatic carbocycles. The number of nitrogens with zero attached hydrogens (tertiary/aromatic N) is 2. The summed E-state index contributed by atoms with van der Waals surface area (Å²) in [7, 11) is 0. The number of benzene rings is 2. The van der Waals surface area contributed by atoms with Crippen molar-refractivity contribution in [2.75, 3.05) is 0 Å². The van der Waals surface area contributed by atoms with Gasteiger partial charge in [-0.15, -0.1) is 0 Å². The normalized spacial score (nSPS) is 11.7. The number of hydrogen-bond acceptors (Lipinski definition) is 4. The molecule has 0 atom stereocenters. The van der Waals surface area contributed by atoms with Crippen LogP contribution in [0.15, 0.2) is 65.8 Å². The first-order valence-electron chi connectivity index (χ1n) is 5.91. The molecule has 5 heteroatoms. The van der Waals surface area contributed by atoms with Gasteiger partial charge in [-0.25, -0.2) is 0 Å². The summed E-state index contributed by atoms with van der Waals surface area (Å²) in [5.74, 6) is 0. The van der Waals surface area contributed by atoms with Crippen molar-refractivity contribution < 1.29 is 10.1 Å². The van der Waals surface area contributed by atoms with Crippen molar-refractivity contribution >= 4 is 17.5 Å². The summed E-state index contributed by atoms with van der Waals surface area (Å²) in [6.07, 6.45) is 3.38. The molecule has 0 fully saturated rings. The Hall–Kier alpha value is -2.95. The van der Waals surface area contributed by atoms with Gasteiger partial charge in [-0.1, -0.05) is 41.6 Å². The molecule has 20 heavy (non-hydrogen) atoms. The minimum absolute atomic E-state index is 0.0428. The number of non-ortho nitro benzene ring substituents is 1. The predicted octanol–water partition coefficient (Wildman–Crippen LogP) is 3.49. The molecule has 0 unspecified atom stereocenters. The second kappa shape index (κ2) is 6.29. The molecule has 0 spiro atoms. The second-order valence-electron chi connectivity index (χ2n) is 4.03. The number of rotatable bonds is 4. The average Bonchev–Trinajstić information content (AvgIpc) is 2.49. The van der Waals surface area contributed by atoms with Crippen molar-refractivity contribution in [3.63, 3.8) is 0 Å². The van der Waals surface area contributed by atoms with Crippen LogP contribution in [-0.2, 0) is 0 Å². The first kappa shape index (κ1) is 13.5. The highest BCUT2D eigenvalue weighted by Gasteiger charge is 2.03. The van der Waals surface area contributed by atoms with E-state index in [1.165, 1.54) is 12.1 Å². The Morgan fingerprint density at radius 3 is 2.30 bits per heavy atom. The van der Waals surface area contributed by atoms with Crippen LogP contribution in [0.5, 0.6) is 0 Å². The molecule has 0 bridgehead atoms. The van der Waals surface area contributed by atoms with Gasteiger partial charge in [0.25, 0.3) is 5.69 Å². The molecule has 0 amide bonds. The van der Waals surface area contributed by atoms with Crippen LogP contribution in [0.1, 0.15) is 11.1 Å². The molecule has 0 aromatic heterocycles. The highest BCUT2D eigenvalue weighted by atomic mass is 16.6. The lowest BCUT2D eigenvalue weighted by Crippen LogP contribution is -1.95. The monoisotopic (exact) mass is 268 g/mol. The SMILES string of the molecule is O=[N+]([O-])c1ccc(C=CC(=NO)c2ccccc2)cc1. The molecule has 0 aliphatic heterocycles. The van der Waals surface area contributed by atoms with Gasteiger partial charge in [-0.3, -0.25) is 10.1 Å². The van der Waals surface area contributed by atoms with Gasteiger partial charge in [0, 0.05) is 17.7 Å². The van der Waals surface area contributed by atoms with Crippen LogP contribution in [0, 0.1) is 10.1 Å². The third-order valence-corrected chi connectivity index (χ3v) is 2.71. The number of nitro groups is 1. The van der Waals surface area contributed by atoms with Crippen LogP contribution in [0.4, 0.5) is 5.69 Å². The van der Waals surface area contributed by atoms with E-state index in [-0.39, 0.29) is 5.69 Å². The molecular weight excluding hydrogens is 256 g/mol. The van der Waals surface area contributed by atoms with Crippen LogP contribution in [0.25, 0.3) is 6.08 Å². The average molecular weight is 268 g/mol. The summed E-state index contributed by atoms with van der Waals surface area (Å²) in [6, 6.07) is 15.3. The fourth-order valence-electron chi connectivity index (χ4n) is 1.68. The lowest BCUT2D eigenvalue weighted by molar-refractivity contribution is -0.384. The van der Waals surface area contributed by atoms with E-state index >= 15 is 0 Å². The zero-order valence-electron chi connectivity index (χ0n) is 10.5. The molecule has 2 aromatic rings. The van der Waals surface area contributed by atoms with Crippen LogP contribution in [0.2, 0.25) is 0 Å². The molecule has 0 radical (unpaired) electrons. The number of nitro benzene ring substituents is 1. The fraction of sp³-hybridized carbons (Fsp3) is 0. The van der Waals surface area contributed by atoms with Crippen LogP contribution in [-0.4, -0.2) is 15.8 Å². The maximum Gasteiger partial charge on any atom is 0.269 e. The molecule has 0 heterocycles. The molecule has 0 saturated heterocycles. The third-order valence-electron chi connectivity index (χ3n) is 2.71. The Balaban J connectivity index is 2.18. The number of oxime groups is 1. The minimum Gasteiger partial charge on any atom is -0.410 e. The van der Waals surface area contributed by atoms with E-state index in [4.69, 9.17) is 5.21 Å². The Bertz CT molecular complexity index is 647. The maximum absolute atomic E-state index is 10.5. The number of hydrogen-bond donors (Lipinski definition) is 1. The van der Waals surface area contributed by atoms with E-state index < -0.39 is 4.92 Å². The molecule has 0 aliphatic carbocycles. The van der Waals surface area contributed by atoms with E-state index in [1.807, 2.05) is 30.3 Å². The van der Waals surface area contributed by atoms with Gasteiger partial charge >= 0.3 is 0 Å². The topological polar surface area (TPSA) is 75.7 Å². The summed E-state index contributed by atoms with van der Waals surface area (Å²) >= 11 is 0. The molecule has 1 N–H and O–H groups in total. The van der Waals surface area contributed by atoms with Crippen LogP contribution in [0.3, 0.4) is 0 Å². The van der Waals surface area contributed by atoms with E-state index in [1.54, 1.807) is 24.3 Å². The van der Waals surface area contributed by atoms with Gasteiger partial charge in [0.15, 0.2) is 0 Å². The van der Waals surface area contributed by atoms with Crippen molar-refractivity contribution in [3.8, 4) is 0 Å². The van der Waals surface area contributed by atoms with Crippen LogP contribution >= 0.6 is 0 Å². The van der Waals surface area contributed by atoms with Crippen molar-refractivity contribution in [1.29, 1.82) is 0 Å². The van der Waals surface area contributed by atoms with E-state index in [0.29, 0.717) is 5.71 Å². The second-order valence-corrected chi connectivity index (χ2v) is 4.03.